The van der Waals surface area contributed by atoms with Crippen LogP contribution in [0, 0.1) is 11.6 Å². The molecule has 2 N–H and O–H groups in total. The molecule has 1 aromatic heterocycles. The lowest BCUT2D eigenvalue weighted by Gasteiger charge is -2.47. The minimum Gasteiger partial charge on any atom is -0.503 e. The Bertz CT molecular complexity index is 1170. The molecule has 33 heavy (non-hydrogen) atoms. The van der Waals surface area contributed by atoms with E-state index in [9.17, 15) is 28.3 Å². The van der Waals surface area contributed by atoms with Crippen molar-refractivity contribution in [2.75, 3.05) is 0 Å². The number of hydrogen-bond donors (Lipinski definition) is 2. The van der Waals surface area contributed by atoms with E-state index in [1.807, 2.05) is 13.8 Å². The van der Waals surface area contributed by atoms with Crippen LogP contribution in [0.25, 0.3) is 0 Å². The van der Waals surface area contributed by atoms with Crippen LogP contribution in [0.5, 0.6) is 5.75 Å². The molecule has 2 aliphatic rings. The van der Waals surface area contributed by atoms with Crippen LogP contribution in [0.3, 0.4) is 0 Å². The van der Waals surface area contributed by atoms with Gasteiger partial charge in [0.05, 0.1) is 12.6 Å². The molecule has 0 saturated carbocycles. The predicted molar refractivity (Wildman–Crippen MR) is 114 cm³/mol. The van der Waals surface area contributed by atoms with Crippen LogP contribution in [0.2, 0.25) is 0 Å². The van der Waals surface area contributed by atoms with Crippen molar-refractivity contribution in [1.82, 2.24) is 14.8 Å². The van der Waals surface area contributed by atoms with Gasteiger partial charge in [0, 0.05) is 30.4 Å². The number of ether oxygens (including phenoxy) is 1. The summed E-state index contributed by atoms with van der Waals surface area (Å²) >= 11 is 0. The quantitative estimate of drug-likeness (QED) is 0.713. The molecular formula is C23H25F2N3O5. The summed E-state index contributed by atoms with van der Waals surface area (Å²) in [6.45, 7) is 3.80. The van der Waals surface area contributed by atoms with Gasteiger partial charge in [0.25, 0.3) is 11.8 Å². The molecule has 2 aromatic rings. The third kappa shape index (κ3) is 4.22. The Kier molecular flexibility index (Phi) is 6.20. The number of benzene rings is 1. The van der Waals surface area contributed by atoms with Crippen LogP contribution in [0.15, 0.2) is 29.2 Å². The van der Waals surface area contributed by atoms with Crippen LogP contribution < -0.4 is 10.7 Å². The second kappa shape index (κ2) is 8.93. The van der Waals surface area contributed by atoms with Crippen molar-refractivity contribution < 1.29 is 28.2 Å². The van der Waals surface area contributed by atoms with Crippen LogP contribution >= 0.6 is 0 Å². The van der Waals surface area contributed by atoms with E-state index < -0.39 is 46.4 Å². The van der Waals surface area contributed by atoms with Crippen LogP contribution in [0.1, 0.15) is 59.5 Å². The Labute approximate surface area is 188 Å². The fourth-order valence-electron chi connectivity index (χ4n) is 4.55. The zero-order valence-electron chi connectivity index (χ0n) is 18.3. The lowest BCUT2D eigenvalue weighted by molar-refractivity contribution is -0.150. The van der Waals surface area contributed by atoms with Crippen molar-refractivity contribution in [1.29, 1.82) is 0 Å². The van der Waals surface area contributed by atoms with Crippen molar-refractivity contribution in [3.8, 4) is 5.75 Å². The molecule has 3 heterocycles. The first kappa shape index (κ1) is 22.9. The molecule has 8 nitrogen and oxygen atoms in total. The second-order valence-corrected chi connectivity index (χ2v) is 8.43. The largest absolute Gasteiger partial charge is 0.503 e. The van der Waals surface area contributed by atoms with E-state index in [2.05, 4.69) is 5.32 Å². The maximum absolute atomic E-state index is 13.8. The molecule has 176 valence electrons. The lowest BCUT2D eigenvalue weighted by Crippen LogP contribution is -2.59. The SMILES string of the molecule is CCCC1CC(C)OC2Cn3cc(C(=O)NCc4ccc(F)cc4F)c(=O)c(O)c3C(=O)N12. The summed E-state index contributed by atoms with van der Waals surface area (Å²) in [6.07, 6.45) is 2.83. The van der Waals surface area contributed by atoms with Gasteiger partial charge in [0.2, 0.25) is 5.43 Å². The number of carbonyl (C=O) groups excluding carboxylic acids is 2. The molecule has 2 amide bonds. The molecule has 2 aliphatic heterocycles. The molecule has 4 rings (SSSR count). The van der Waals surface area contributed by atoms with Crippen LogP contribution in [-0.4, -0.2) is 44.8 Å². The maximum atomic E-state index is 13.8. The summed E-state index contributed by atoms with van der Waals surface area (Å²) in [5.41, 5.74) is -1.54. The Morgan fingerprint density at radius 2 is 2.06 bits per heavy atom. The molecule has 0 aliphatic carbocycles. The summed E-state index contributed by atoms with van der Waals surface area (Å²) in [7, 11) is 0. The number of rotatable bonds is 5. The highest BCUT2D eigenvalue weighted by Crippen LogP contribution is 2.33. The molecule has 3 atom stereocenters. The zero-order valence-corrected chi connectivity index (χ0v) is 18.3. The first-order valence-corrected chi connectivity index (χ1v) is 10.9. The van der Waals surface area contributed by atoms with E-state index in [0.29, 0.717) is 12.5 Å². The number of halogens is 2. The predicted octanol–water partition coefficient (Wildman–Crippen LogP) is 2.52. The Morgan fingerprint density at radius 3 is 2.76 bits per heavy atom. The molecule has 1 saturated heterocycles. The van der Waals surface area contributed by atoms with E-state index in [1.165, 1.54) is 16.8 Å². The zero-order chi connectivity index (χ0) is 23.9. The highest BCUT2D eigenvalue weighted by atomic mass is 19.1. The van der Waals surface area contributed by atoms with E-state index in [4.69, 9.17) is 4.74 Å². The first-order chi connectivity index (χ1) is 15.7. The Hall–Kier alpha value is -3.27. The van der Waals surface area contributed by atoms with Gasteiger partial charge in [-0.1, -0.05) is 19.4 Å². The number of carbonyl (C=O) groups is 2. The number of amides is 2. The fraction of sp³-hybridized carbons (Fsp3) is 0.435. The molecule has 0 bridgehead atoms. The van der Waals surface area contributed by atoms with Gasteiger partial charge in [-0.2, -0.15) is 0 Å². The van der Waals surface area contributed by atoms with Crippen LogP contribution in [-0.2, 0) is 17.8 Å². The molecule has 10 heteroatoms. The summed E-state index contributed by atoms with van der Waals surface area (Å²) in [5.74, 6) is -3.78. The van der Waals surface area contributed by atoms with Crippen molar-refractivity contribution in [3.05, 3.63) is 63.1 Å². The van der Waals surface area contributed by atoms with Gasteiger partial charge in [-0.05, 0) is 25.8 Å². The minimum absolute atomic E-state index is 0.0319. The molecule has 0 spiro atoms. The Balaban J connectivity index is 1.63. The average molecular weight is 461 g/mol. The average Bonchev–Trinajstić information content (AvgIpc) is 2.75. The van der Waals surface area contributed by atoms with Crippen molar-refractivity contribution in [3.63, 3.8) is 0 Å². The van der Waals surface area contributed by atoms with Gasteiger partial charge in [0.1, 0.15) is 17.2 Å². The molecule has 3 unspecified atom stereocenters. The monoisotopic (exact) mass is 461 g/mol. The summed E-state index contributed by atoms with van der Waals surface area (Å²) in [6, 6.07) is 2.85. The Morgan fingerprint density at radius 1 is 1.30 bits per heavy atom. The van der Waals surface area contributed by atoms with Crippen molar-refractivity contribution in [2.24, 2.45) is 0 Å². The summed E-state index contributed by atoms with van der Waals surface area (Å²) in [4.78, 5) is 40.2. The number of nitrogens with one attached hydrogen (secondary N) is 1. The number of hydrogen-bond acceptors (Lipinski definition) is 5. The van der Waals surface area contributed by atoms with Gasteiger partial charge >= 0.3 is 0 Å². The molecule has 1 aromatic carbocycles. The number of aromatic hydroxyl groups is 1. The number of fused-ring (bicyclic) bond motifs is 2. The van der Waals surface area contributed by atoms with E-state index in [1.54, 1.807) is 4.90 Å². The minimum atomic E-state index is -0.997. The normalized spacial score (nSPS) is 22.0. The highest BCUT2D eigenvalue weighted by molar-refractivity contribution is 5.99. The van der Waals surface area contributed by atoms with E-state index in [0.717, 1.165) is 18.9 Å². The maximum Gasteiger partial charge on any atom is 0.276 e. The molecular weight excluding hydrogens is 436 g/mol. The van der Waals surface area contributed by atoms with Crippen LogP contribution in [0.4, 0.5) is 8.78 Å². The molecule has 0 radical (unpaired) electrons. The van der Waals surface area contributed by atoms with Gasteiger partial charge in [-0.25, -0.2) is 8.78 Å². The lowest BCUT2D eigenvalue weighted by atomic mass is 9.98. The smallest absolute Gasteiger partial charge is 0.276 e. The standard InChI is InChI=1S/C23H25F2N3O5/c1-3-4-15-7-12(2)33-18-11-27-10-16(20(29)21(30)19(27)23(32)28(15)18)22(31)26-9-13-5-6-14(24)8-17(13)25/h5-6,8,10,12,15,18,30H,3-4,7,9,11H2,1-2H3,(H,26,31). The van der Waals surface area contributed by atoms with Gasteiger partial charge in [-0.3, -0.25) is 14.4 Å². The van der Waals surface area contributed by atoms with E-state index >= 15 is 0 Å². The third-order valence-electron chi connectivity index (χ3n) is 6.06. The van der Waals surface area contributed by atoms with Gasteiger partial charge < -0.3 is 24.6 Å². The van der Waals surface area contributed by atoms with Crippen molar-refractivity contribution >= 4 is 11.8 Å². The van der Waals surface area contributed by atoms with Gasteiger partial charge in [-0.15, -0.1) is 0 Å². The van der Waals surface area contributed by atoms with Crippen molar-refractivity contribution in [2.45, 2.75) is 64.6 Å². The third-order valence-corrected chi connectivity index (χ3v) is 6.06. The first-order valence-electron chi connectivity index (χ1n) is 10.9. The number of nitrogens with zero attached hydrogens (tertiary/aromatic N) is 2. The van der Waals surface area contributed by atoms with E-state index in [-0.39, 0.29) is 36.5 Å². The fourth-order valence-corrected chi connectivity index (χ4v) is 4.55. The molecule has 1 fully saturated rings. The van der Waals surface area contributed by atoms with Gasteiger partial charge in [0.15, 0.2) is 17.7 Å². The number of pyridine rings is 1. The highest BCUT2D eigenvalue weighted by Gasteiger charge is 2.43. The second-order valence-electron chi connectivity index (χ2n) is 8.43. The number of aromatic nitrogens is 1. The summed E-state index contributed by atoms with van der Waals surface area (Å²) in [5, 5.41) is 13.0. The topological polar surface area (TPSA) is 101 Å². The summed E-state index contributed by atoms with van der Waals surface area (Å²) < 4.78 is 34.2.